The maximum Gasteiger partial charge on any atom is 0.232 e. The Balaban J connectivity index is 1.57. The highest BCUT2D eigenvalue weighted by atomic mass is 16.5. The van der Waals surface area contributed by atoms with Crippen LogP contribution in [-0.4, -0.2) is 5.91 Å². The molecule has 0 aliphatic carbocycles. The highest BCUT2D eigenvalue weighted by Gasteiger charge is 2.31. The zero-order valence-electron chi connectivity index (χ0n) is 14.0. The van der Waals surface area contributed by atoms with Crippen molar-refractivity contribution in [3.63, 3.8) is 0 Å². The number of fused-ring (bicyclic) bond motifs is 1. The molecule has 25 heavy (non-hydrogen) atoms. The molecule has 4 rings (SSSR count). The molecule has 1 heterocycles. The van der Waals surface area contributed by atoms with E-state index in [0.717, 1.165) is 33.9 Å². The van der Waals surface area contributed by atoms with Crippen LogP contribution in [0.3, 0.4) is 0 Å². The van der Waals surface area contributed by atoms with Crippen molar-refractivity contribution in [2.75, 3.05) is 5.32 Å². The summed E-state index contributed by atoms with van der Waals surface area (Å²) in [5.41, 5.74) is 4.24. The lowest BCUT2D eigenvalue weighted by molar-refractivity contribution is -0.117. The molecule has 1 atom stereocenters. The molecule has 3 aromatic carbocycles. The van der Waals surface area contributed by atoms with E-state index in [0.29, 0.717) is 6.42 Å². The van der Waals surface area contributed by atoms with Gasteiger partial charge in [-0.15, -0.1) is 0 Å². The van der Waals surface area contributed by atoms with Gasteiger partial charge in [-0.2, -0.15) is 0 Å². The van der Waals surface area contributed by atoms with Gasteiger partial charge >= 0.3 is 0 Å². The summed E-state index contributed by atoms with van der Waals surface area (Å²) >= 11 is 0. The van der Waals surface area contributed by atoms with Gasteiger partial charge in [-0.3, -0.25) is 4.79 Å². The zero-order chi connectivity index (χ0) is 17.2. The molecular weight excluding hydrogens is 310 g/mol. The van der Waals surface area contributed by atoms with Crippen molar-refractivity contribution in [1.29, 1.82) is 0 Å². The van der Waals surface area contributed by atoms with Gasteiger partial charge in [-0.05, 0) is 54.3 Å². The van der Waals surface area contributed by atoms with E-state index < -0.39 is 0 Å². The predicted octanol–water partition coefficient (Wildman–Crippen LogP) is 5.07. The molecule has 0 spiro atoms. The normalized spacial score (nSPS) is 15.6. The Bertz CT molecular complexity index is 918. The summed E-state index contributed by atoms with van der Waals surface area (Å²) in [5.74, 6) is 1.51. The molecule has 3 nitrogen and oxygen atoms in total. The van der Waals surface area contributed by atoms with Crippen molar-refractivity contribution in [2.24, 2.45) is 0 Å². The Kier molecular flexibility index (Phi) is 3.98. The van der Waals surface area contributed by atoms with Crippen molar-refractivity contribution < 1.29 is 9.53 Å². The molecule has 0 fully saturated rings. The van der Waals surface area contributed by atoms with E-state index in [9.17, 15) is 4.79 Å². The molecular formula is C22H19NO2. The number of amides is 1. The lowest BCUT2D eigenvalue weighted by Crippen LogP contribution is -2.14. The van der Waals surface area contributed by atoms with E-state index in [1.165, 1.54) is 0 Å². The van der Waals surface area contributed by atoms with E-state index in [1.54, 1.807) is 0 Å². The van der Waals surface area contributed by atoms with E-state index in [-0.39, 0.29) is 11.8 Å². The van der Waals surface area contributed by atoms with Crippen molar-refractivity contribution in [3.8, 4) is 11.5 Å². The first-order valence-electron chi connectivity index (χ1n) is 8.43. The van der Waals surface area contributed by atoms with Gasteiger partial charge in [-0.25, -0.2) is 0 Å². The number of ether oxygens (including phenoxy) is 1. The van der Waals surface area contributed by atoms with Crippen LogP contribution >= 0.6 is 0 Å². The average Bonchev–Trinajstić information content (AvgIpc) is 2.94. The van der Waals surface area contributed by atoms with E-state index >= 15 is 0 Å². The van der Waals surface area contributed by atoms with Crippen molar-refractivity contribution in [2.45, 2.75) is 19.3 Å². The number of carbonyl (C=O) groups excluding carboxylic acids is 1. The van der Waals surface area contributed by atoms with Crippen LogP contribution in [0.1, 0.15) is 22.6 Å². The first kappa shape index (κ1) is 15.5. The second-order valence-corrected chi connectivity index (χ2v) is 6.35. The number of para-hydroxylation sites is 2. The number of benzene rings is 3. The molecule has 0 saturated heterocycles. The standard InChI is InChI=1S/C22H19NO2/c1-15-7-5-12-19-20(22(24)23-21(15)19)14-16-8-6-11-18(13-16)25-17-9-3-2-4-10-17/h2-13,20H,14H2,1H3,(H,23,24)/t20-/m0/s1. The fourth-order valence-electron chi connectivity index (χ4n) is 3.30. The van der Waals surface area contributed by atoms with Crippen molar-refractivity contribution in [3.05, 3.63) is 89.5 Å². The summed E-state index contributed by atoms with van der Waals surface area (Å²) in [4.78, 5) is 12.4. The number of hydrogen-bond donors (Lipinski definition) is 1. The third kappa shape index (κ3) is 3.13. The summed E-state index contributed by atoms with van der Waals surface area (Å²) < 4.78 is 5.90. The number of aryl methyl sites for hydroxylation is 1. The molecule has 1 aliphatic rings. The number of nitrogens with one attached hydrogen (secondary N) is 1. The molecule has 0 bridgehead atoms. The van der Waals surface area contributed by atoms with Gasteiger partial charge in [0.05, 0.1) is 5.92 Å². The van der Waals surface area contributed by atoms with Gasteiger partial charge in [0.1, 0.15) is 11.5 Å². The molecule has 1 aliphatic heterocycles. The van der Waals surface area contributed by atoms with Crippen LogP contribution in [0.15, 0.2) is 72.8 Å². The van der Waals surface area contributed by atoms with E-state index in [2.05, 4.69) is 5.32 Å². The van der Waals surface area contributed by atoms with Gasteiger partial charge in [-0.1, -0.05) is 48.5 Å². The van der Waals surface area contributed by atoms with Gasteiger partial charge < -0.3 is 10.1 Å². The van der Waals surface area contributed by atoms with Crippen LogP contribution in [-0.2, 0) is 11.2 Å². The van der Waals surface area contributed by atoms with Gasteiger partial charge in [0.25, 0.3) is 0 Å². The average molecular weight is 329 g/mol. The maximum atomic E-state index is 12.4. The molecule has 0 aromatic heterocycles. The third-order valence-corrected chi connectivity index (χ3v) is 4.56. The molecule has 124 valence electrons. The fraction of sp³-hybridized carbons (Fsp3) is 0.136. The van der Waals surface area contributed by atoms with Gasteiger partial charge in [0.2, 0.25) is 5.91 Å². The Hall–Kier alpha value is -3.07. The predicted molar refractivity (Wildman–Crippen MR) is 99.2 cm³/mol. The largest absolute Gasteiger partial charge is 0.457 e. The minimum absolute atomic E-state index is 0.0682. The summed E-state index contributed by atoms with van der Waals surface area (Å²) in [5, 5.41) is 3.02. The van der Waals surface area contributed by atoms with Crippen LogP contribution in [0.4, 0.5) is 5.69 Å². The molecule has 1 N–H and O–H groups in total. The maximum absolute atomic E-state index is 12.4. The summed E-state index contributed by atoms with van der Waals surface area (Å²) in [6.07, 6.45) is 0.661. The minimum atomic E-state index is -0.151. The number of anilines is 1. The van der Waals surface area contributed by atoms with Crippen molar-refractivity contribution in [1.82, 2.24) is 0 Å². The summed E-state index contributed by atoms with van der Waals surface area (Å²) in [6.45, 7) is 2.02. The third-order valence-electron chi connectivity index (χ3n) is 4.56. The second-order valence-electron chi connectivity index (χ2n) is 6.35. The van der Waals surface area contributed by atoms with Gasteiger partial charge in [0, 0.05) is 5.69 Å². The van der Waals surface area contributed by atoms with E-state index in [1.807, 2.05) is 79.7 Å². The van der Waals surface area contributed by atoms with Gasteiger partial charge in [0.15, 0.2) is 0 Å². The van der Waals surface area contributed by atoms with Crippen molar-refractivity contribution >= 4 is 11.6 Å². The SMILES string of the molecule is Cc1cccc2c1NC(=O)[C@H]2Cc1cccc(Oc2ccccc2)c1. The Morgan fingerprint density at radius 2 is 1.68 bits per heavy atom. The quantitative estimate of drug-likeness (QED) is 0.726. The molecule has 3 heteroatoms. The van der Waals surface area contributed by atoms with Crippen LogP contribution in [0.25, 0.3) is 0 Å². The molecule has 3 aromatic rings. The first-order valence-corrected chi connectivity index (χ1v) is 8.43. The molecule has 0 saturated carbocycles. The summed E-state index contributed by atoms with van der Waals surface area (Å²) in [7, 11) is 0. The highest BCUT2D eigenvalue weighted by Crippen LogP contribution is 2.37. The Morgan fingerprint density at radius 3 is 2.52 bits per heavy atom. The first-order chi connectivity index (χ1) is 12.2. The lowest BCUT2D eigenvalue weighted by Gasteiger charge is -2.11. The minimum Gasteiger partial charge on any atom is -0.457 e. The lowest BCUT2D eigenvalue weighted by atomic mass is 9.92. The Labute approximate surface area is 147 Å². The smallest absolute Gasteiger partial charge is 0.232 e. The molecule has 1 amide bonds. The topological polar surface area (TPSA) is 38.3 Å². The van der Waals surface area contributed by atoms with E-state index in [4.69, 9.17) is 4.74 Å². The number of rotatable bonds is 4. The fourth-order valence-corrected chi connectivity index (χ4v) is 3.30. The Morgan fingerprint density at radius 1 is 0.920 bits per heavy atom. The summed E-state index contributed by atoms with van der Waals surface area (Å²) in [6, 6.07) is 23.7. The molecule has 0 unspecified atom stereocenters. The zero-order valence-corrected chi connectivity index (χ0v) is 14.0. The number of hydrogen-bond acceptors (Lipinski definition) is 2. The second kappa shape index (κ2) is 6.44. The highest BCUT2D eigenvalue weighted by molar-refractivity contribution is 6.03. The molecule has 0 radical (unpaired) electrons. The monoisotopic (exact) mass is 329 g/mol. The van der Waals surface area contributed by atoms with Crippen LogP contribution in [0.5, 0.6) is 11.5 Å². The van der Waals surface area contributed by atoms with Crippen LogP contribution in [0, 0.1) is 6.92 Å². The number of carbonyl (C=O) groups is 1. The van der Waals surface area contributed by atoms with Crippen LogP contribution in [0.2, 0.25) is 0 Å². The van der Waals surface area contributed by atoms with Crippen LogP contribution < -0.4 is 10.1 Å².